The first-order valence-electron chi connectivity index (χ1n) is 8.16. The molecule has 26 heavy (non-hydrogen) atoms. The summed E-state index contributed by atoms with van der Waals surface area (Å²) >= 11 is 1.59. The molecule has 4 rings (SSSR count). The lowest BCUT2D eigenvalue weighted by Crippen LogP contribution is -2.11. The summed E-state index contributed by atoms with van der Waals surface area (Å²) in [6.07, 6.45) is 3.46. The van der Waals surface area contributed by atoms with Crippen LogP contribution in [0.2, 0.25) is 0 Å². The van der Waals surface area contributed by atoms with E-state index >= 15 is 0 Å². The Morgan fingerprint density at radius 1 is 1.27 bits per heavy atom. The summed E-state index contributed by atoms with van der Waals surface area (Å²) in [6, 6.07) is 13.9. The molecule has 0 aliphatic rings. The number of carbonyl (C=O) groups excluding carboxylic acids is 1. The number of aromatic amines is 1. The van der Waals surface area contributed by atoms with Crippen LogP contribution < -0.4 is 5.32 Å². The predicted molar refractivity (Wildman–Crippen MR) is 102 cm³/mol. The highest BCUT2D eigenvalue weighted by Crippen LogP contribution is 2.23. The van der Waals surface area contributed by atoms with Crippen molar-refractivity contribution in [3.63, 3.8) is 0 Å². The van der Waals surface area contributed by atoms with E-state index in [1.807, 2.05) is 35.8 Å². The smallest absolute Gasteiger partial charge is 0.276 e. The molecule has 0 fully saturated rings. The fraction of sp³-hybridized carbons (Fsp3) is 0.105. The van der Waals surface area contributed by atoms with Gasteiger partial charge in [0.2, 0.25) is 0 Å². The lowest BCUT2D eigenvalue weighted by molar-refractivity contribution is 0.102. The van der Waals surface area contributed by atoms with Gasteiger partial charge >= 0.3 is 0 Å². The van der Waals surface area contributed by atoms with E-state index in [-0.39, 0.29) is 5.91 Å². The molecule has 4 aromatic rings. The topological polar surface area (TPSA) is 75.6 Å². The number of thiophene rings is 1. The highest BCUT2D eigenvalue weighted by molar-refractivity contribution is 7.13. The SMILES string of the molecule is Cc1ccccc1Cn1cc(NC(=O)c2cc(-c3cccs3)[nH]n2)cn1. The number of carbonyl (C=O) groups is 1. The minimum absolute atomic E-state index is 0.264. The summed E-state index contributed by atoms with van der Waals surface area (Å²) in [5.41, 5.74) is 4.23. The van der Waals surface area contributed by atoms with Crippen molar-refractivity contribution >= 4 is 22.9 Å². The van der Waals surface area contributed by atoms with Crippen LogP contribution in [0.3, 0.4) is 0 Å². The van der Waals surface area contributed by atoms with Gasteiger partial charge in [-0.25, -0.2) is 0 Å². The van der Waals surface area contributed by atoms with Crippen molar-refractivity contribution in [3.8, 4) is 10.6 Å². The molecule has 1 amide bonds. The Morgan fingerprint density at radius 2 is 2.15 bits per heavy atom. The van der Waals surface area contributed by atoms with Crippen LogP contribution in [0.1, 0.15) is 21.6 Å². The third-order valence-corrected chi connectivity index (χ3v) is 4.98. The number of amides is 1. The van der Waals surface area contributed by atoms with Gasteiger partial charge in [-0.05, 0) is 35.6 Å². The summed E-state index contributed by atoms with van der Waals surface area (Å²) in [7, 11) is 0. The van der Waals surface area contributed by atoms with Crippen LogP contribution in [-0.4, -0.2) is 25.9 Å². The number of nitrogens with one attached hydrogen (secondary N) is 2. The first kappa shape index (κ1) is 16.3. The highest BCUT2D eigenvalue weighted by atomic mass is 32.1. The molecule has 0 saturated heterocycles. The second-order valence-corrected chi connectivity index (χ2v) is 6.90. The van der Waals surface area contributed by atoms with Crippen molar-refractivity contribution in [1.82, 2.24) is 20.0 Å². The Hall–Kier alpha value is -3.19. The van der Waals surface area contributed by atoms with E-state index in [9.17, 15) is 4.79 Å². The molecule has 0 bridgehead atoms. The third-order valence-electron chi connectivity index (χ3n) is 4.08. The van der Waals surface area contributed by atoms with Gasteiger partial charge in [0.25, 0.3) is 5.91 Å². The minimum Gasteiger partial charge on any atom is -0.318 e. The van der Waals surface area contributed by atoms with E-state index in [0.29, 0.717) is 17.9 Å². The molecule has 0 aliphatic carbocycles. The number of nitrogens with zero attached hydrogens (tertiary/aromatic N) is 3. The van der Waals surface area contributed by atoms with Gasteiger partial charge in [0.15, 0.2) is 5.69 Å². The zero-order valence-corrected chi connectivity index (χ0v) is 15.0. The molecule has 7 heteroatoms. The number of aromatic nitrogens is 4. The van der Waals surface area contributed by atoms with E-state index in [1.165, 1.54) is 11.1 Å². The second-order valence-electron chi connectivity index (χ2n) is 5.95. The lowest BCUT2D eigenvalue weighted by Gasteiger charge is -2.05. The summed E-state index contributed by atoms with van der Waals surface area (Å²) in [6.45, 7) is 2.73. The monoisotopic (exact) mass is 363 g/mol. The van der Waals surface area contributed by atoms with Crippen molar-refractivity contribution in [3.05, 3.63) is 77.1 Å². The number of hydrogen-bond acceptors (Lipinski definition) is 4. The molecule has 2 N–H and O–H groups in total. The number of benzene rings is 1. The molecule has 0 atom stereocenters. The van der Waals surface area contributed by atoms with Crippen molar-refractivity contribution in [2.75, 3.05) is 5.32 Å². The Kier molecular flexibility index (Phi) is 4.37. The van der Waals surface area contributed by atoms with E-state index in [4.69, 9.17) is 0 Å². The number of aryl methyl sites for hydroxylation is 1. The molecule has 0 saturated carbocycles. The van der Waals surface area contributed by atoms with Gasteiger partial charge in [0.1, 0.15) is 0 Å². The molecular weight excluding hydrogens is 346 g/mol. The largest absolute Gasteiger partial charge is 0.318 e. The Balaban J connectivity index is 1.44. The minimum atomic E-state index is -0.264. The molecule has 130 valence electrons. The normalized spacial score (nSPS) is 10.8. The molecule has 0 unspecified atom stereocenters. The summed E-state index contributed by atoms with van der Waals surface area (Å²) in [4.78, 5) is 13.4. The fourth-order valence-electron chi connectivity index (χ4n) is 2.67. The predicted octanol–water partition coefficient (Wildman–Crippen LogP) is 3.94. The third kappa shape index (κ3) is 3.43. The van der Waals surface area contributed by atoms with Gasteiger partial charge in [-0.15, -0.1) is 11.3 Å². The van der Waals surface area contributed by atoms with Crippen molar-refractivity contribution in [2.45, 2.75) is 13.5 Å². The van der Waals surface area contributed by atoms with Gasteiger partial charge in [-0.1, -0.05) is 30.3 Å². The molecular formula is C19H17N5OS. The molecule has 3 heterocycles. The van der Waals surface area contributed by atoms with Crippen LogP contribution >= 0.6 is 11.3 Å². The van der Waals surface area contributed by atoms with Crippen LogP contribution in [0.4, 0.5) is 5.69 Å². The van der Waals surface area contributed by atoms with Crippen LogP contribution in [0.25, 0.3) is 10.6 Å². The van der Waals surface area contributed by atoms with Crippen LogP contribution in [0, 0.1) is 6.92 Å². The lowest BCUT2D eigenvalue weighted by atomic mass is 10.1. The highest BCUT2D eigenvalue weighted by Gasteiger charge is 2.13. The number of hydrogen-bond donors (Lipinski definition) is 2. The van der Waals surface area contributed by atoms with Crippen molar-refractivity contribution in [2.24, 2.45) is 0 Å². The number of rotatable bonds is 5. The maximum Gasteiger partial charge on any atom is 0.276 e. The summed E-state index contributed by atoms with van der Waals surface area (Å²) in [5, 5.41) is 16.1. The van der Waals surface area contributed by atoms with Gasteiger partial charge in [0.05, 0.1) is 29.0 Å². The second kappa shape index (κ2) is 6.97. The van der Waals surface area contributed by atoms with Gasteiger partial charge in [-0.3, -0.25) is 14.6 Å². The zero-order chi connectivity index (χ0) is 17.9. The van der Waals surface area contributed by atoms with Crippen molar-refractivity contribution < 1.29 is 4.79 Å². The number of H-pyrrole nitrogens is 1. The Labute approximate surface area is 154 Å². The first-order valence-corrected chi connectivity index (χ1v) is 9.04. The average Bonchev–Trinajstić information content (AvgIpc) is 3.38. The molecule has 6 nitrogen and oxygen atoms in total. The Bertz CT molecular complexity index is 1030. The summed E-state index contributed by atoms with van der Waals surface area (Å²) in [5.74, 6) is -0.264. The maximum atomic E-state index is 12.4. The van der Waals surface area contributed by atoms with Crippen molar-refractivity contribution in [1.29, 1.82) is 0 Å². The van der Waals surface area contributed by atoms with E-state index in [2.05, 4.69) is 39.7 Å². The molecule has 0 radical (unpaired) electrons. The Morgan fingerprint density at radius 3 is 2.96 bits per heavy atom. The average molecular weight is 363 g/mol. The zero-order valence-electron chi connectivity index (χ0n) is 14.1. The maximum absolute atomic E-state index is 12.4. The van der Waals surface area contributed by atoms with Gasteiger partial charge in [-0.2, -0.15) is 10.2 Å². The molecule has 0 spiro atoms. The standard InChI is InChI=1S/C19H17N5OS/c1-13-5-2-3-6-14(13)11-24-12-15(10-20-24)21-19(25)17-9-16(22-23-17)18-7-4-8-26-18/h2-10,12H,11H2,1H3,(H,21,25)(H,22,23). The van der Waals surface area contributed by atoms with E-state index in [1.54, 1.807) is 28.3 Å². The van der Waals surface area contributed by atoms with E-state index in [0.717, 1.165) is 10.6 Å². The molecule has 3 aromatic heterocycles. The number of anilines is 1. The fourth-order valence-corrected chi connectivity index (χ4v) is 3.36. The van der Waals surface area contributed by atoms with Crippen LogP contribution in [0.15, 0.2) is 60.2 Å². The van der Waals surface area contributed by atoms with Crippen LogP contribution in [0.5, 0.6) is 0 Å². The molecule has 0 aliphatic heterocycles. The van der Waals surface area contributed by atoms with Gasteiger partial charge < -0.3 is 5.32 Å². The quantitative estimate of drug-likeness (QED) is 0.564. The summed E-state index contributed by atoms with van der Waals surface area (Å²) < 4.78 is 1.81. The van der Waals surface area contributed by atoms with Crippen LogP contribution in [-0.2, 0) is 6.54 Å². The van der Waals surface area contributed by atoms with E-state index < -0.39 is 0 Å². The van der Waals surface area contributed by atoms with Gasteiger partial charge in [0, 0.05) is 6.20 Å². The molecule has 1 aromatic carbocycles. The first-order chi connectivity index (χ1) is 12.7.